The highest BCUT2D eigenvalue weighted by Crippen LogP contribution is 2.25. The first-order chi connectivity index (χ1) is 9.60. The maximum absolute atomic E-state index is 12.0. The van der Waals surface area contributed by atoms with E-state index in [0.29, 0.717) is 22.3 Å². The molecule has 0 saturated carbocycles. The molecule has 0 spiro atoms. The van der Waals surface area contributed by atoms with Crippen LogP contribution < -0.4 is 10.1 Å². The van der Waals surface area contributed by atoms with Crippen LogP contribution in [0.4, 0.5) is 5.69 Å². The molecule has 0 aliphatic carbocycles. The number of ether oxygens (including phenoxy) is 1. The molecule has 0 saturated heterocycles. The van der Waals surface area contributed by atoms with E-state index in [9.17, 15) is 9.90 Å². The molecule has 1 amide bonds. The number of nitrogens with one attached hydrogen (secondary N) is 1. The van der Waals surface area contributed by atoms with Gasteiger partial charge in [-0.05, 0) is 65.3 Å². The third-order valence-electron chi connectivity index (χ3n) is 2.63. The van der Waals surface area contributed by atoms with Crippen molar-refractivity contribution in [1.82, 2.24) is 0 Å². The second kappa shape index (κ2) is 6.43. The number of hydrogen-bond acceptors (Lipinski definition) is 3. The van der Waals surface area contributed by atoms with Crippen molar-refractivity contribution in [3.8, 4) is 11.5 Å². The summed E-state index contributed by atoms with van der Waals surface area (Å²) in [6.07, 6.45) is 0. The maximum atomic E-state index is 12.0. The Balaban J connectivity index is 2.08. The van der Waals surface area contributed by atoms with Gasteiger partial charge in [-0.3, -0.25) is 4.79 Å². The number of carbonyl (C=O) groups is 1. The smallest absolute Gasteiger partial charge is 0.255 e. The maximum Gasteiger partial charge on any atom is 0.255 e. The Bertz CT molecular complexity index is 611. The van der Waals surface area contributed by atoms with Gasteiger partial charge in [0.1, 0.15) is 11.5 Å². The number of phenols is 1. The first-order valence-corrected chi connectivity index (χ1v) is 6.92. The molecule has 0 atom stereocenters. The van der Waals surface area contributed by atoms with Gasteiger partial charge in [-0.2, -0.15) is 0 Å². The molecule has 2 aromatic rings. The van der Waals surface area contributed by atoms with Gasteiger partial charge in [0, 0.05) is 11.3 Å². The Morgan fingerprint density at radius 1 is 1.25 bits per heavy atom. The SMILES string of the molecule is CCOc1ccc(NC(=O)c2ccc(Br)c(O)c2)cc1. The number of hydrogen-bond donors (Lipinski definition) is 2. The molecule has 5 heteroatoms. The van der Waals surface area contributed by atoms with Crippen molar-refractivity contribution in [1.29, 1.82) is 0 Å². The van der Waals surface area contributed by atoms with Crippen molar-refractivity contribution in [2.24, 2.45) is 0 Å². The van der Waals surface area contributed by atoms with Crippen LogP contribution in [-0.2, 0) is 0 Å². The van der Waals surface area contributed by atoms with Crippen LogP contribution in [0.2, 0.25) is 0 Å². The average molecular weight is 336 g/mol. The normalized spacial score (nSPS) is 10.1. The third-order valence-corrected chi connectivity index (χ3v) is 3.30. The number of halogens is 1. The fraction of sp³-hybridized carbons (Fsp3) is 0.133. The van der Waals surface area contributed by atoms with Crippen molar-refractivity contribution in [3.63, 3.8) is 0 Å². The van der Waals surface area contributed by atoms with E-state index in [2.05, 4.69) is 21.2 Å². The number of rotatable bonds is 4. The first kappa shape index (κ1) is 14.4. The third kappa shape index (κ3) is 3.51. The molecule has 0 radical (unpaired) electrons. The van der Waals surface area contributed by atoms with E-state index in [1.54, 1.807) is 36.4 Å². The Morgan fingerprint density at radius 2 is 1.95 bits per heavy atom. The Kier molecular flexibility index (Phi) is 4.63. The van der Waals surface area contributed by atoms with Crippen LogP contribution in [0.3, 0.4) is 0 Å². The number of carbonyl (C=O) groups excluding carboxylic acids is 1. The number of aromatic hydroxyl groups is 1. The van der Waals surface area contributed by atoms with Gasteiger partial charge in [-0.1, -0.05) is 0 Å². The van der Waals surface area contributed by atoms with Crippen LogP contribution in [0.1, 0.15) is 17.3 Å². The molecule has 0 unspecified atom stereocenters. The number of benzene rings is 2. The van der Waals surface area contributed by atoms with Crippen molar-refractivity contribution in [2.75, 3.05) is 11.9 Å². The zero-order valence-electron chi connectivity index (χ0n) is 10.9. The van der Waals surface area contributed by atoms with E-state index in [-0.39, 0.29) is 11.7 Å². The summed E-state index contributed by atoms with van der Waals surface area (Å²) in [6.45, 7) is 2.51. The van der Waals surface area contributed by atoms with Crippen LogP contribution >= 0.6 is 15.9 Å². The molecule has 104 valence electrons. The lowest BCUT2D eigenvalue weighted by Crippen LogP contribution is -2.11. The molecule has 20 heavy (non-hydrogen) atoms. The van der Waals surface area contributed by atoms with Gasteiger partial charge in [-0.15, -0.1) is 0 Å². The lowest BCUT2D eigenvalue weighted by atomic mass is 10.2. The minimum Gasteiger partial charge on any atom is -0.507 e. The van der Waals surface area contributed by atoms with Crippen LogP contribution in [0.5, 0.6) is 11.5 Å². The second-order valence-corrected chi connectivity index (χ2v) is 4.93. The molecule has 0 aliphatic rings. The lowest BCUT2D eigenvalue weighted by molar-refractivity contribution is 0.102. The van der Waals surface area contributed by atoms with Gasteiger partial charge in [0.25, 0.3) is 5.91 Å². The summed E-state index contributed by atoms with van der Waals surface area (Å²) >= 11 is 3.17. The first-order valence-electron chi connectivity index (χ1n) is 6.13. The van der Waals surface area contributed by atoms with Gasteiger partial charge in [0.2, 0.25) is 0 Å². The van der Waals surface area contributed by atoms with E-state index >= 15 is 0 Å². The van der Waals surface area contributed by atoms with E-state index in [4.69, 9.17) is 4.74 Å². The van der Waals surface area contributed by atoms with Crippen LogP contribution in [0.15, 0.2) is 46.9 Å². The zero-order chi connectivity index (χ0) is 14.5. The second-order valence-electron chi connectivity index (χ2n) is 4.08. The Labute approximate surface area is 125 Å². The quantitative estimate of drug-likeness (QED) is 0.893. The summed E-state index contributed by atoms with van der Waals surface area (Å²) in [5, 5.41) is 12.3. The predicted octanol–water partition coefficient (Wildman–Crippen LogP) is 3.81. The molecule has 2 N–H and O–H groups in total. The summed E-state index contributed by atoms with van der Waals surface area (Å²) in [5.41, 5.74) is 1.06. The largest absolute Gasteiger partial charge is 0.507 e. The molecule has 0 aliphatic heterocycles. The summed E-state index contributed by atoms with van der Waals surface area (Å²) in [4.78, 5) is 12.0. The summed E-state index contributed by atoms with van der Waals surface area (Å²) in [6, 6.07) is 11.8. The topological polar surface area (TPSA) is 58.6 Å². The molecule has 2 aromatic carbocycles. The average Bonchev–Trinajstić information content (AvgIpc) is 2.44. The standard InChI is InChI=1S/C15H14BrNO3/c1-2-20-12-6-4-11(5-7-12)17-15(19)10-3-8-13(16)14(18)9-10/h3-9,18H,2H2,1H3,(H,17,19). The highest BCUT2D eigenvalue weighted by molar-refractivity contribution is 9.10. The Morgan fingerprint density at radius 3 is 2.55 bits per heavy atom. The van der Waals surface area contributed by atoms with Gasteiger partial charge >= 0.3 is 0 Å². The van der Waals surface area contributed by atoms with Crippen LogP contribution in [0.25, 0.3) is 0 Å². The van der Waals surface area contributed by atoms with Gasteiger partial charge in [0.05, 0.1) is 11.1 Å². The zero-order valence-corrected chi connectivity index (χ0v) is 12.5. The molecule has 0 aromatic heterocycles. The summed E-state index contributed by atoms with van der Waals surface area (Å²) < 4.78 is 5.88. The minimum absolute atomic E-state index is 0.0318. The fourth-order valence-electron chi connectivity index (χ4n) is 1.66. The van der Waals surface area contributed by atoms with Crippen LogP contribution in [0, 0.1) is 0 Å². The number of anilines is 1. The molecular weight excluding hydrogens is 322 g/mol. The number of phenolic OH excluding ortho intramolecular Hbond substituents is 1. The lowest BCUT2D eigenvalue weighted by Gasteiger charge is -2.07. The minimum atomic E-state index is -0.281. The predicted molar refractivity (Wildman–Crippen MR) is 81.4 cm³/mol. The molecule has 2 rings (SSSR count). The highest BCUT2D eigenvalue weighted by Gasteiger charge is 2.08. The van der Waals surface area contributed by atoms with Gasteiger partial charge in [-0.25, -0.2) is 0 Å². The molecule has 4 nitrogen and oxygen atoms in total. The highest BCUT2D eigenvalue weighted by atomic mass is 79.9. The van der Waals surface area contributed by atoms with E-state index in [1.807, 2.05) is 6.92 Å². The van der Waals surface area contributed by atoms with E-state index < -0.39 is 0 Å². The monoisotopic (exact) mass is 335 g/mol. The molecular formula is C15H14BrNO3. The fourth-order valence-corrected chi connectivity index (χ4v) is 1.90. The van der Waals surface area contributed by atoms with Crippen molar-refractivity contribution in [3.05, 3.63) is 52.5 Å². The van der Waals surface area contributed by atoms with E-state index in [0.717, 1.165) is 5.75 Å². The molecule has 0 heterocycles. The van der Waals surface area contributed by atoms with Gasteiger partial charge < -0.3 is 15.2 Å². The molecule has 0 fully saturated rings. The number of amides is 1. The summed E-state index contributed by atoms with van der Waals surface area (Å²) in [5.74, 6) is 0.507. The van der Waals surface area contributed by atoms with Gasteiger partial charge in [0.15, 0.2) is 0 Å². The van der Waals surface area contributed by atoms with Crippen LogP contribution in [-0.4, -0.2) is 17.6 Å². The summed E-state index contributed by atoms with van der Waals surface area (Å²) in [7, 11) is 0. The van der Waals surface area contributed by atoms with E-state index in [1.165, 1.54) is 6.07 Å². The van der Waals surface area contributed by atoms with Crippen molar-refractivity contribution in [2.45, 2.75) is 6.92 Å². The van der Waals surface area contributed by atoms with Crippen molar-refractivity contribution >= 4 is 27.5 Å². The molecule has 0 bridgehead atoms. The Hall–Kier alpha value is -2.01. The van der Waals surface area contributed by atoms with Crippen molar-refractivity contribution < 1.29 is 14.6 Å².